The van der Waals surface area contributed by atoms with Gasteiger partial charge in [-0.3, -0.25) is 0 Å². The van der Waals surface area contributed by atoms with E-state index in [1.165, 1.54) is 63.3 Å². The second-order valence-electron chi connectivity index (χ2n) is 11.3. The van der Waals surface area contributed by atoms with Crippen LogP contribution in [0.25, 0.3) is 0 Å². The minimum Gasteiger partial charge on any atom is -0.497 e. The van der Waals surface area contributed by atoms with Gasteiger partial charge in [0, 0.05) is 18.4 Å². The zero-order chi connectivity index (χ0) is 25.7. The Morgan fingerprint density at radius 1 is 0.919 bits per heavy atom. The molecule has 4 aliphatic carbocycles. The molecule has 6 heteroatoms. The fourth-order valence-electron chi connectivity index (χ4n) is 7.55. The topological polar surface area (TPSA) is 61.8 Å². The number of carboxylic acids is 1. The summed E-state index contributed by atoms with van der Waals surface area (Å²) in [6.07, 6.45) is 8.33. The number of hydrogen-bond acceptors (Lipinski definition) is 4. The van der Waals surface area contributed by atoms with Crippen molar-refractivity contribution in [3.63, 3.8) is 0 Å². The van der Waals surface area contributed by atoms with Gasteiger partial charge in [0.1, 0.15) is 11.6 Å². The number of benzene rings is 3. The summed E-state index contributed by atoms with van der Waals surface area (Å²) in [5, 5.41) is 12.5. The molecule has 3 aromatic carbocycles. The first kappa shape index (κ1) is 23.8. The third-order valence-corrected chi connectivity index (χ3v) is 8.97. The maximum Gasteiger partial charge on any atom is 0.337 e. The van der Waals surface area contributed by atoms with Crippen molar-refractivity contribution in [2.75, 3.05) is 24.4 Å². The van der Waals surface area contributed by atoms with Crippen LogP contribution in [0.5, 0.6) is 5.75 Å². The molecule has 0 atom stereocenters. The van der Waals surface area contributed by atoms with Crippen LogP contribution in [0.2, 0.25) is 0 Å². The monoisotopic (exact) mass is 500 g/mol. The minimum atomic E-state index is -1.12. The van der Waals surface area contributed by atoms with Crippen molar-refractivity contribution in [1.82, 2.24) is 0 Å². The van der Waals surface area contributed by atoms with Gasteiger partial charge in [-0.15, -0.1) is 0 Å². The molecule has 4 saturated carbocycles. The Hall–Kier alpha value is -3.54. The molecule has 0 aliphatic heterocycles. The van der Waals surface area contributed by atoms with Crippen LogP contribution in [0.4, 0.5) is 27.1 Å². The molecule has 3 aromatic rings. The zero-order valence-corrected chi connectivity index (χ0v) is 21.3. The maximum atomic E-state index is 15.1. The summed E-state index contributed by atoms with van der Waals surface area (Å²) in [7, 11) is 3.41. The first-order valence-corrected chi connectivity index (χ1v) is 13.2. The number of methoxy groups -OCH3 is 1. The number of halogens is 1. The summed E-state index contributed by atoms with van der Waals surface area (Å²) >= 11 is 0. The van der Waals surface area contributed by atoms with Crippen LogP contribution in [-0.4, -0.2) is 25.2 Å². The lowest BCUT2D eigenvalue weighted by Gasteiger charge is -2.57. The van der Waals surface area contributed by atoms with E-state index < -0.39 is 11.8 Å². The number of hydrogen-bond donors (Lipinski definition) is 2. The fraction of sp³-hybridized carbons (Fsp3) is 0.387. The second kappa shape index (κ2) is 9.09. The van der Waals surface area contributed by atoms with Crippen LogP contribution in [0.1, 0.15) is 54.4 Å². The lowest BCUT2D eigenvalue weighted by molar-refractivity contribution is -0.00518. The van der Waals surface area contributed by atoms with Gasteiger partial charge >= 0.3 is 5.97 Å². The molecule has 4 aliphatic rings. The largest absolute Gasteiger partial charge is 0.497 e. The number of rotatable bonds is 7. The van der Waals surface area contributed by atoms with Crippen molar-refractivity contribution in [3.8, 4) is 5.75 Å². The standard InChI is InChI=1S/C31H33FN2O3/c1-34(23-5-3-22(4-6-23)31-16-19-11-20(17-31)13-21(12-19)18-31)24-7-9-29(27(32)14-24)33-28-10-8-25(37-2)15-26(28)30(35)36/h3-10,14-15,19-21,33H,11-13,16-18H2,1-2H3,(H,35,36). The van der Waals surface area contributed by atoms with Crippen molar-refractivity contribution < 1.29 is 19.0 Å². The molecule has 0 amide bonds. The molecule has 192 valence electrons. The van der Waals surface area contributed by atoms with Crippen LogP contribution < -0.4 is 15.0 Å². The molecular formula is C31H33FN2O3. The molecule has 4 bridgehead atoms. The van der Waals surface area contributed by atoms with E-state index in [9.17, 15) is 9.90 Å². The Morgan fingerprint density at radius 2 is 1.51 bits per heavy atom. The molecule has 7 rings (SSSR count). The van der Waals surface area contributed by atoms with E-state index in [-0.39, 0.29) is 11.3 Å². The first-order valence-electron chi connectivity index (χ1n) is 13.2. The molecule has 2 N–H and O–H groups in total. The smallest absolute Gasteiger partial charge is 0.337 e. The number of nitrogens with one attached hydrogen (secondary N) is 1. The van der Waals surface area contributed by atoms with Gasteiger partial charge in [-0.25, -0.2) is 9.18 Å². The fourth-order valence-corrected chi connectivity index (χ4v) is 7.55. The van der Waals surface area contributed by atoms with Gasteiger partial charge < -0.3 is 20.1 Å². The summed E-state index contributed by atoms with van der Waals surface area (Å²) in [6, 6.07) is 18.5. The van der Waals surface area contributed by atoms with Gasteiger partial charge in [-0.1, -0.05) is 12.1 Å². The molecule has 0 aromatic heterocycles. The highest BCUT2D eigenvalue weighted by Crippen LogP contribution is 2.60. The van der Waals surface area contributed by atoms with E-state index in [0.717, 1.165) is 29.1 Å². The molecule has 0 unspecified atom stereocenters. The summed E-state index contributed by atoms with van der Waals surface area (Å²) in [6.45, 7) is 0. The molecular weight excluding hydrogens is 467 g/mol. The number of nitrogens with zero attached hydrogens (tertiary/aromatic N) is 1. The van der Waals surface area contributed by atoms with Crippen LogP contribution >= 0.6 is 0 Å². The number of ether oxygens (including phenoxy) is 1. The third kappa shape index (κ3) is 4.32. The maximum absolute atomic E-state index is 15.1. The molecule has 37 heavy (non-hydrogen) atoms. The lowest BCUT2D eigenvalue weighted by Crippen LogP contribution is -2.48. The highest BCUT2D eigenvalue weighted by Gasteiger charge is 2.51. The van der Waals surface area contributed by atoms with Crippen molar-refractivity contribution in [2.24, 2.45) is 17.8 Å². The van der Waals surface area contributed by atoms with Crippen molar-refractivity contribution in [2.45, 2.75) is 43.9 Å². The van der Waals surface area contributed by atoms with E-state index in [1.807, 2.05) is 18.0 Å². The Labute approximate surface area is 217 Å². The van der Waals surface area contributed by atoms with Crippen LogP contribution in [0.3, 0.4) is 0 Å². The first-order chi connectivity index (χ1) is 17.8. The Kier molecular flexibility index (Phi) is 5.85. The van der Waals surface area contributed by atoms with E-state index in [0.29, 0.717) is 16.9 Å². The average molecular weight is 501 g/mol. The Balaban J connectivity index is 1.20. The van der Waals surface area contributed by atoms with Crippen LogP contribution in [0.15, 0.2) is 60.7 Å². The van der Waals surface area contributed by atoms with Gasteiger partial charge in [0.05, 0.1) is 24.0 Å². The zero-order valence-electron chi connectivity index (χ0n) is 21.3. The number of carboxylic acid groups (broad SMARTS) is 1. The lowest BCUT2D eigenvalue weighted by atomic mass is 9.48. The third-order valence-electron chi connectivity index (χ3n) is 8.97. The summed E-state index contributed by atoms with van der Waals surface area (Å²) in [4.78, 5) is 13.6. The molecule has 0 heterocycles. The van der Waals surface area contributed by atoms with Gasteiger partial charge in [0.25, 0.3) is 0 Å². The van der Waals surface area contributed by atoms with Gasteiger partial charge in [-0.05, 0) is 116 Å². The van der Waals surface area contributed by atoms with E-state index in [4.69, 9.17) is 4.74 Å². The summed E-state index contributed by atoms with van der Waals surface area (Å²) in [5.74, 6) is 1.58. The van der Waals surface area contributed by atoms with E-state index >= 15 is 4.39 Å². The SMILES string of the molecule is COc1ccc(Nc2ccc(N(C)c3ccc(C45CC6CC(CC(C6)C4)C5)cc3)cc2F)c(C(=O)O)c1. The van der Waals surface area contributed by atoms with Crippen LogP contribution in [0, 0.1) is 23.6 Å². The predicted octanol–water partition coefficient (Wildman–Crippen LogP) is 7.51. The van der Waals surface area contributed by atoms with Crippen LogP contribution in [-0.2, 0) is 5.41 Å². The Morgan fingerprint density at radius 3 is 2.08 bits per heavy atom. The number of carbonyl (C=O) groups is 1. The quantitative estimate of drug-likeness (QED) is 0.351. The average Bonchev–Trinajstić information content (AvgIpc) is 2.89. The van der Waals surface area contributed by atoms with Crippen molar-refractivity contribution in [3.05, 3.63) is 77.6 Å². The van der Waals surface area contributed by atoms with E-state index in [1.54, 1.807) is 18.2 Å². The normalized spacial score (nSPS) is 25.6. The number of anilines is 4. The minimum absolute atomic E-state index is 0.0130. The van der Waals surface area contributed by atoms with Gasteiger partial charge in [0.2, 0.25) is 0 Å². The second-order valence-corrected chi connectivity index (χ2v) is 11.3. The molecule has 5 nitrogen and oxygen atoms in total. The van der Waals surface area contributed by atoms with Gasteiger partial charge in [0.15, 0.2) is 0 Å². The molecule has 0 saturated heterocycles. The van der Waals surface area contributed by atoms with Crippen molar-refractivity contribution in [1.29, 1.82) is 0 Å². The molecule has 4 fully saturated rings. The van der Waals surface area contributed by atoms with E-state index in [2.05, 4.69) is 29.6 Å². The number of aromatic carboxylic acids is 1. The van der Waals surface area contributed by atoms with Crippen molar-refractivity contribution >= 4 is 28.7 Å². The highest BCUT2D eigenvalue weighted by atomic mass is 19.1. The van der Waals surface area contributed by atoms with Gasteiger partial charge in [-0.2, -0.15) is 0 Å². The Bertz CT molecular complexity index is 1300. The highest BCUT2D eigenvalue weighted by molar-refractivity contribution is 5.95. The molecule has 0 spiro atoms. The summed E-state index contributed by atoms with van der Waals surface area (Å²) < 4.78 is 20.2. The summed E-state index contributed by atoms with van der Waals surface area (Å²) in [5.41, 5.74) is 4.09. The predicted molar refractivity (Wildman–Crippen MR) is 144 cm³/mol. The molecule has 0 radical (unpaired) electrons.